The van der Waals surface area contributed by atoms with Gasteiger partial charge in [0, 0.05) is 17.3 Å². The molecular formula is C15H16F3NO. The predicted molar refractivity (Wildman–Crippen MR) is 71.7 cm³/mol. The zero-order valence-electron chi connectivity index (χ0n) is 11.6. The zero-order chi connectivity index (χ0) is 15.1. The van der Waals surface area contributed by atoms with Gasteiger partial charge < -0.3 is 4.98 Å². The number of carbonyl (C=O) groups is 1. The van der Waals surface area contributed by atoms with E-state index in [1.165, 1.54) is 12.1 Å². The van der Waals surface area contributed by atoms with Gasteiger partial charge in [-0.3, -0.25) is 4.79 Å². The fourth-order valence-corrected chi connectivity index (χ4v) is 2.04. The van der Waals surface area contributed by atoms with Gasteiger partial charge in [-0.25, -0.2) is 0 Å². The molecular weight excluding hydrogens is 267 g/mol. The van der Waals surface area contributed by atoms with E-state index in [2.05, 4.69) is 4.98 Å². The number of nitrogens with one attached hydrogen (secondary N) is 1. The molecule has 0 atom stereocenters. The van der Waals surface area contributed by atoms with E-state index in [1.54, 1.807) is 0 Å². The predicted octanol–water partition coefficient (Wildman–Crippen LogP) is 4.81. The number of benzene rings is 1. The van der Waals surface area contributed by atoms with Gasteiger partial charge in [0.1, 0.15) is 0 Å². The summed E-state index contributed by atoms with van der Waals surface area (Å²) in [6, 6.07) is 4.90. The second-order valence-corrected chi connectivity index (χ2v) is 6.14. The molecule has 0 bridgehead atoms. The molecule has 1 N–H and O–H groups in total. The van der Waals surface area contributed by atoms with Crippen LogP contribution in [0.5, 0.6) is 0 Å². The molecule has 0 unspecified atom stereocenters. The van der Waals surface area contributed by atoms with Gasteiger partial charge in [0.2, 0.25) is 0 Å². The monoisotopic (exact) mass is 283 g/mol. The van der Waals surface area contributed by atoms with Crippen LogP contribution in [0.4, 0.5) is 13.2 Å². The van der Waals surface area contributed by atoms with Crippen LogP contribution < -0.4 is 0 Å². The SMILES string of the molecule is CC(C)(C)CC(=O)c1cc2cc(C(F)(F)F)ccc2[nH]1. The molecule has 108 valence electrons. The van der Waals surface area contributed by atoms with E-state index in [9.17, 15) is 18.0 Å². The highest BCUT2D eigenvalue weighted by atomic mass is 19.4. The molecule has 0 saturated carbocycles. The van der Waals surface area contributed by atoms with Gasteiger partial charge in [0.05, 0.1) is 11.3 Å². The minimum Gasteiger partial charge on any atom is -0.352 e. The maximum atomic E-state index is 12.6. The summed E-state index contributed by atoms with van der Waals surface area (Å²) in [5, 5.41) is 0.400. The molecule has 0 aliphatic rings. The number of hydrogen-bond donors (Lipinski definition) is 1. The fourth-order valence-electron chi connectivity index (χ4n) is 2.04. The van der Waals surface area contributed by atoms with Crippen molar-refractivity contribution < 1.29 is 18.0 Å². The van der Waals surface area contributed by atoms with Crippen LogP contribution in [0.1, 0.15) is 43.2 Å². The molecule has 2 nitrogen and oxygen atoms in total. The molecule has 5 heteroatoms. The van der Waals surface area contributed by atoms with Crippen molar-refractivity contribution in [2.45, 2.75) is 33.4 Å². The van der Waals surface area contributed by atoms with Crippen molar-refractivity contribution in [2.24, 2.45) is 5.41 Å². The highest BCUT2D eigenvalue weighted by Crippen LogP contribution is 2.32. The summed E-state index contributed by atoms with van der Waals surface area (Å²) >= 11 is 0. The van der Waals surface area contributed by atoms with Crippen molar-refractivity contribution in [3.63, 3.8) is 0 Å². The molecule has 1 aromatic carbocycles. The molecule has 1 heterocycles. The lowest BCUT2D eigenvalue weighted by atomic mass is 9.89. The Morgan fingerprint density at radius 2 is 1.80 bits per heavy atom. The number of aromatic nitrogens is 1. The molecule has 0 aliphatic carbocycles. The summed E-state index contributed by atoms with van der Waals surface area (Å²) in [4.78, 5) is 14.9. The maximum Gasteiger partial charge on any atom is 0.416 e. The normalized spacial score (nSPS) is 12.9. The van der Waals surface area contributed by atoms with E-state index in [0.29, 0.717) is 23.0 Å². The minimum atomic E-state index is -4.37. The van der Waals surface area contributed by atoms with Gasteiger partial charge >= 0.3 is 6.18 Å². The van der Waals surface area contributed by atoms with Crippen LogP contribution in [-0.2, 0) is 6.18 Å². The van der Waals surface area contributed by atoms with Gasteiger partial charge in [-0.15, -0.1) is 0 Å². The van der Waals surface area contributed by atoms with Crippen LogP contribution in [0.25, 0.3) is 10.9 Å². The molecule has 0 radical (unpaired) electrons. The number of ketones is 1. The quantitative estimate of drug-likeness (QED) is 0.788. The van der Waals surface area contributed by atoms with Gasteiger partial charge in [0.15, 0.2) is 5.78 Å². The molecule has 0 fully saturated rings. The van der Waals surface area contributed by atoms with Crippen molar-refractivity contribution in [1.29, 1.82) is 0 Å². The smallest absolute Gasteiger partial charge is 0.352 e. The number of rotatable bonds is 2. The average molecular weight is 283 g/mol. The molecule has 1 aromatic heterocycles. The topological polar surface area (TPSA) is 32.9 Å². The second-order valence-electron chi connectivity index (χ2n) is 6.14. The van der Waals surface area contributed by atoms with Crippen LogP contribution in [-0.4, -0.2) is 10.8 Å². The van der Waals surface area contributed by atoms with Crippen LogP contribution in [0, 0.1) is 5.41 Å². The molecule has 0 aliphatic heterocycles. The van der Waals surface area contributed by atoms with Gasteiger partial charge in [-0.2, -0.15) is 13.2 Å². The van der Waals surface area contributed by atoms with Crippen molar-refractivity contribution in [2.75, 3.05) is 0 Å². The third kappa shape index (κ3) is 3.21. The number of Topliss-reactive ketones (excluding diaryl/α,β-unsaturated/α-hetero) is 1. The first kappa shape index (κ1) is 14.6. The lowest BCUT2D eigenvalue weighted by Gasteiger charge is -2.15. The highest BCUT2D eigenvalue weighted by molar-refractivity contribution is 5.99. The Morgan fingerprint density at radius 3 is 2.35 bits per heavy atom. The number of halogens is 3. The molecule has 0 saturated heterocycles. The van der Waals surface area contributed by atoms with E-state index < -0.39 is 11.7 Å². The number of aromatic amines is 1. The first-order valence-electron chi connectivity index (χ1n) is 6.29. The van der Waals surface area contributed by atoms with Crippen molar-refractivity contribution in [1.82, 2.24) is 4.98 Å². The number of carbonyl (C=O) groups excluding carboxylic acids is 1. The maximum absolute atomic E-state index is 12.6. The summed E-state index contributed by atoms with van der Waals surface area (Å²) in [5.41, 5.74) is 0.0224. The molecule has 0 amide bonds. The van der Waals surface area contributed by atoms with E-state index in [0.717, 1.165) is 12.1 Å². The Labute approximate surface area is 115 Å². The standard InChI is InChI=1S/C15H16F3NO/c1-14(2,3)8-13(20)12-7-9-6-10(15(16,17)18)4-5-11(9)19-12/h4-7,19H,8H2,1-3H3. The van der Waals surface area contributed by atoms with E-state index in [-0.39, 0.29) is 11.2 Å². The summed E-state index contributed by atoms with van der Waals surface area (Å²) in [6.07, 6.45) is -4.03. The lowest BCUT2D eigenvalue weighted by molar-refractivity contribution is -0.137. The Balaban J connectivity index is 2.37. The van der Waals surface area contributed by atoms with Crippen molar-refractivity contribution in [3.05, 3.63) is 35.5 Å². The third-order valence-corrected chi connectivity index (χ3v) is 2.94. The number of H-pyrrole nitrogens is 1. The summed E-state index contributed by atoms with van der Waals surface area (Å²) in [6.45, 7) is 5.82. The van der Waals surface area contributed by atoms with Crippen LogP contribution >= 0.6 is 0 Å². The number of fused-ring (bicyclic) bond motifs is 1. The molecule has 20 heavy (non-hydrogen) atoms. The first-order valence-corrected chi connectivity index (χ1v) is 6.29. The Bertz CT molecular complexity index is 647. The third-order valence-electron chi connectivity index (χ3n) is 2.94. The summed E-state index contributed by atoms with van der Waals surface area (Å²) in [5.74, 6) is -0.0951. The fraction of sp³-hybridized carbons (Fsp3) is 0.400. The summed E-state index contributed by atoms with van der Waals surface area (Å²) in [7, 11) is 0. The van der Waals surface area contributed by atoms with Crippen LogP contribution in [0.3, 0.4) is 0 Å². The van der Waals surface area contributed by atoms with Crippen LogP contribution in [0.15, 0.2) is 24.3 Å². The Kier molecular flexibility index (Phi) is 3.40. The van der Waals surface area contributed by atoms with Crippen molar-refractivity contribution in [3.8, 4) is 0 Å². The Morgan fingerprint density at radius 1 is 1.15 bits per heavy atom. The minimum absolute atomic E-state index is 0.0951. The Hall–Kier alpha value is -1.78. The number of hydrogen-bond acceptors (Lipinski definition) is 1. The number of alkyl halides is 3. The first-order chi connectivity index (χ1) is 9.06. The lowest BCUT2D eigenvalue weighted by Crippen LogP contribution is -2.13. The van der Waals surface area contributed by atoms with Crippen molar-refractivity contribution >= 4 is 16.7 Å². The van der Waals surface area contributed by atoms with E-state index in [1.807, 2.05) is 20.8 Å². The van der Waals surface area contributed by atoms with Gasteiger partial charge in [0.25, 0.3) is 0 Å². The average Bonchev–Trinajstić information content (AvgIpc) is 2.67. The molecule has 2 rings (SSSR count). The summed E-state index contributed by atoms with van der Waals surface area (Å²) < 4.78 is 37.9. The second kappa shape index (κ2) is 4.65. The molecule has 0 spiro atoms. The van der Waals surface area contributed by atoms with E-state index in [4.69, 9.17) is 0 Å². The van der Waals surface area contributed by atoms with Crippen LogP contribution in [0.2, 0.25) is 0 Å². The largest absolute Gasteiger partial charge is 0.416 e. The van der Waals surface area contributed by atoms with E-state index >= 15 is 0 Å². The zero-order valence-corrected chi connectivity index (χ0v) is 11.6. The van der Waals surface area contributed by atoms with Gasteiger partial charge in [-0.1, -0.05) is 20.8 Å². The molecule has 2 aromatic rings. The highest BCUT2D eigenvalue weighted by Gasteiger charge is 2.30. The van der Waals surface area contributed by atoms with Gasteiger partial charge in [-0.05, 0) is 29.7 Å².